The summed E-state index contributed by atoms with van der Waals surface area (Å²) in [5.41, 5.74) is 32.7. The van der Waals surface area contributed by atoms with Gasteiger partial charge in [-0.1, -0.05) is 13.8 Å². The van der Waals surface area contributed by atoms with Crippen LogP contribution in [-0.4, -0.2) is 114 Å². The van der Waals surface area contributed by atoms with Crippen molar-refractivity contribution in [2.24, 2.45) is 50.3 Å². The van der Waals surface area contributed by atoms with Gasteiger partial charge in [0.25, 0.3) is 0 Å². The molecule has 0 aromatic rings. The number of amides is 5. The minimum atomic E-state index is -1.28. The van der Waals surface area contributed by atoms with Crippen molar-refractivity contribution < 1.29 is 33.9 Å². The molecule has 0 aliphatic heterocycles. The number of hydrogen-bond acceptors (Lipinski definition) is 11. The molecule has 21 heteroatoms. The Morgan fingerprint density at radius 2 is 1.10 bits per heavy atom. The highest BCUT2D eigenvalue weighted by Crippen LogP contribution is 2.08. The molecule has 0 aromatic carbocycles. The van der Waals surface area contributed by atoms with Gasteiger partial charge in [0, 0.05) is 18.8 Å². The van der Waals surface area contributed by atoms with Gasteiger partial charge in [0.1, 0.15) is 30.2 Å². The molecule has 0 saturated carbocycles. The first-order valence-corrected chi connectivity index (χ1v) is 17.0. The van der Waals surface area contributed by atoms with Gasteiger partial charge in [-0.25, -0.2) is 4.79 Å². The van der Waals surface area contributed by atoms with Gasteiger partial charge in [-0.3, -0.25) is 34.0 Å². The first-order valence-electron chi connectivity index (χ1n) is 16.4. The van der Waals surface area contributed by atoms with Crippen LogP contribution < -0.4 is 61.0 Å². The highest BCUT2D eigenvalue weighted by atomic mass is 32.1. The summed E-state index contributed by atoms with van der Waals surface area (Å²) in [5, 5.41) is 22.3. The second-order valence-electron chi connectivity index (χ2n) is 12.0. The number of hydrogen-bond donors (Lipinski definition) is 13. The second-order valence-corrected chi connectivity index (χ2v) is 12.3. The molecule has 0 aliphatic rings. The Balaban J connectivity index is 5.80. The number of guanidine groups is 2. The van der Waals surface area contributed by atoms with E-state index in [-0.39, 0.29) is 62.9 Å². The zero-order chi connectivity index (χ0) is 38.4. The van der Waals surface area contributed by atoms with E-state index in [4.69, 9.17) is 34.4 Å². The number of nitrogens with two attached hydrogens (primary N) is 6. The van der Waals surface area contributed by atoms with Crippen LogP contribution in [-0.2, 0) is 28.8 Å². The third-order valence-electron chi connectivity index (χ3n) is 7.25. The molecule has 0 rings (SSSR count). The Labute approximate surface area is 297 Å². The quantitative estimate of drug-likeness (QED) is 0.0183. The number of carboxylic acid groups (broad SMARTS) is 1. The van der Waals surface area contributed by atoms with E-state index in [1.807, 2.05) is 0 Å². The van der Waals surface area contributed by atoms with Gasteiger partial charge in [-0.15, -0.1) is 0 Å². The molecule has 20 nitrogen and oxygen atoms in total. The van der Waals surface area contributed by atoms with E-state index in [1.165, 1.54) is 6.92 Å². The maximum Gasteiger partial charge on any atom is 0.326 e. The molecule has 0 aliphatic carbocycles. The fourth-order valence-corrected chi connectivity index (χ4v) is 4.55. The largest absolute Gasteiger partial charge is 0.480 e. The molecule has 0 fully saturated rings. The Kier molecular flexibility index (Phi) is 22.6. The van der Waals surface area contributed by atoms with E-state index in [2.05, 4.69) is 49.2 Å². The molecule has 5 amide bonds. The van der Waals surface area contributed by atoms with Gasteiger partial charge >= 0.3 is 5.97 Å². The van der Waals surface area contributed by atoms with E-state index in [0.29, 0.717) is 19.4 Å². The number of carboxylic acids is 1. The topological polar surface area (TPSA) is 364 Å². The minimum absolute atomic E-state index is 0.0267. The molecule has 0 heterocycles. The molecule has 0 saturated heterocycles. The lowest BCUT2D eigenvalue weighted by Gasteiger charge is -2.27. The summed E-state index contributed by atoms with van der Waals surface area (Å²) in [7, 11) is 0. The lowest BCUT2D eigenvalue weighted by Crippen LogP contribution is -2.59. The van der Waals surface area contributed by atoms with Gasteiger partial charge in [0.2, 0.25) is 29.5 Å². The molecule has 0 aromatic heterocycles. The number of rotatable bonds is 25. The highest BCUT2D eigenvalue weighted by molar-refractivity contribution is 7.80. The fourth-order valence-electron chi connectivity index (χ4n) is 4.38. The number of unbranched alkanes of at least 4 members (excludes halogenated alkanes) is 1. The number of thiol groups is 1. The monoisotopic (exact) mass is 731 g/mol. The number of nitrogens with one attached hydrogen (secondary N) is 5. The predicted molar refractivity (Wildman–Crippen MR) is 192 cm³/mol. The zero-order valence-corrected chi connectivity index (χ0v) is 29.9. The zero-order valence-electron chi connectivity index (χ0n) is 29.0. The minimum Gasteiger partial charge on any atom is -0.480 e. The fraction of sp³-hybridized carbons (Fsp3) is 0.724. The van der Waals surface area contributed by atoms with Gasteiger partial charge in [-0.05, 0) is 64.3 Å². The summed E-state index contributed by atoms with van der Waals surface area (Å²) in [4.78, 5) is 84.9. The average Bonchev–Trinajstić information content (AvgIpc) is 3.04. The summed E-state index contributed by atoms with van der Waals surface area (Å²) in [6.07, 6.45) is 1.91. The van der Waals surface area contributed by atoms with Gasteiger partial charge in [0.05, 0.1) is 6.04 Å². The summed E-state index contributed by atoms with van der Waals surface area (Å²) in [5.74, 6) is -5.51. The van der Waals surface area contributed by atoms with Crippen molar-refractivity contribution in [2.45, 2.75) is 102 Å². The molecule has 0 unspecified atom stereocenters. The van der Waals surface area contributed by atoms with E-state index in [1.54, 1.807) is 13.8 Å². The van der Waals surface area contributed by atoms with Crippen LogP contribution in [0.1, 0.15) is 65.7 Å². The van der Waals surface area contributed by atoms with Crippen molar-refractivity contribution in [2.75, 3.05) is 25.4 Å². The molecular formula is C29H57N13O7S. The van der Waals surface area contributed by atoms with Crippen LogP contribution in [0.2, 0.25) is 0 Å². The van der Waals surface area contributed by atoms with Crippen molar-refractivity contribution >= 4 is 60.1 Å². The molecule has 0 radical (unpaired) electrons. The van der Waals surface area contributed by atoms with Gasteiger partial charge in [0.15, 0.2) is 11.9 Å². The first kappa shape index (κ1) is 45.6. The lowest BCUT2D eigenvalue weighted by atomic mass is 10.0. The van der Waals surface area contributed by atoms with Crippen LogP contribution in [0.3, 0.4) is 0 Å². The third kappa shape index (κ3) is 19.0. The standard InChI is InChI=1S/C29H57N13O7S/c1-15(2)21(26(47)41-20(27(48)49)10-7-13-37-29(34)35)42-22(43)16(3)38-24(45)19(9-6-12-36-28(32)33)40-25(46)18(8-4-5-11-30)39-23(44)17(31)14-50/h15-21,50H,4-14,30-31H2,1-3H3,(H,38,45)(H,39,44)(H,40,46)(H,41,47)(H,42,43)(H,48,49)(H4,32,33,36)(H4,34,35,37)/t16-,17-,18-,19-,20-,21-/m0/s1. The summed E-state index contributed by atoms with van der Waals surface area (Å²) >= 11 is 4.02. The van der Waals surface area contributed by atoms with E-state index < -0.39 is 77.7 Å². The number of carbonyl (C=O) groups excluding carboxylic acids is 5. The van der Waals surface area contributed by atoms with Crippen LogP contribution in [0.4, 0.5) is 0 Å². The lowest BCUT2D eigenvalue weighted by molar-refractivity contribution is -0.142. The molecule has 286 valence electrons. The first-order chi connectivity index (χ1) is 23.4. The van der Waals surface area contributed by atoms with Crippen molar-refractivity contribution in [1.29, 1.82) is 0 Å². The molecule has 0 bridgehead atoms. The van der Waals surface area contributed by atoms with Gasteiger partial charge in [-0.2, -0.15) is 12.6 Å². The van der Waals surface area contributed by atoms with E-state index in [9.17, 15) is 33.9 Å². The van der Waals surface area contributed by atoms with Crippen molar-refractivity contribution in [3.8, 4) is 0 Å². The van der Waals surface area contributed by atoms with Crippen LogP contribution in [0.25, 0.3) is 0 Å². The van der Waals surface area contributed by atoms with E-state index in [0.717, 1.165) is 0 Å². The van der Waals surface area contributed by atoms with Crippen LogP contribution in [0, 0.1) is 5.92 Å². The Morgan fingerprint density at radius 1 is 0.640 bits per heavy atom. The van der Waals surface area contributed by atoms with Crippen molar-refractivity contribution in [3.05, 3.63) is 0 Å². The summed E-state index contributed by atoms with van der Waals surface area (Å²) < 4.78 is 0. The highest BCUT2D eigenvalue weighted by Gasteiger charge is 2.32. The van der Waals surface area contributed by atoms with Crippen LogP contribution in [0.5, 0.6) is 0 Å². The van der Waals surface area contributed by atoms with Crippen molar-refractivity contribution in [3.63, 3.8) is 0 Å². The number of aliphatic carboxylic acids is 1. The predicted octanol–water partition coefficient (Wildman–Crippen LogP) is -4.34. The number of nitrogens with zero attached hydrogens (tertiary/aromatic N) is 2. The molecule has 50 heavy (non-hydrogen) atoms. The summed E-state index contributed by atoms with van der Waals surface area (Å²) in [6, 6.07) is -6.81. The SMILES string of the molecule is CC(C)[C@H](NC(=O)[C@H](C)NC(=O)[C@H](CCCN=C(N)N)NC(=O)[C@H](CCCCN)NC(=O)[C@@H](N)CS)C(=O)N[C@@H](CCCN=C(N)N)C(=O)O. The van der Waals surface area contributed by atoms with Crippen molar-refractivity contribution in [1.82, 2.24) is 26.6 Å². The molecule has 0 spiro atoms. The smallest absolute Gasteiger partial charge is 0.326 e. The Bertz CT molecular complexity index is 1180. The average molecular weight is 732 g/mol. The van der Waals surface area contributed by atoms with E-state index >= 15 is 0 Å². The normalized spacial score (nSPS) is 14.5. The summed E-state index contributed by atoms with van der Waals surface area (Å²) in [6.45, 7) is 5.34. The van der Waals surface area contributed by atoms with Gasteiger partial charge < -0.3 is 66.1 Å². The Hall–Kier alpha value is -4.37. The Morgan fingerprint density at radius 3 is 1.56 bits per heavy atom. The molecule has 6 atom stereocenters. The molecule has 18 N–H and O–H groups in total. The second kappa shape index (κ2) is 24.7. The maximum atomic E-state index is 13.4. The van der Waals surface area contributed by atoms with Crippen LogP contribution in [0.15, 0.2) is 9.98 Å². The molecular weight excluding hydrogens is 674 g/mol. The van der Waals surface area contributed by atoms with Crippen LogP contribution >= 0.6 is 12.6 Å². The number of aliphatic imine (C=N–C) groups is 2. The maximum absolute atomic E-state index is 13.4. The third-order valence-corrected chi connectivity index (χ3v) is 7.64. The number of carbonyl (C=O) groups is 6.